The highest BCUT2D eigenvalue weighted by Gasteiger charge is 2.11. The predicted octanol–water partition coefficient (Wildman–Crippen LogP) is 1.62. The van der Waals surface area contributed by atoms with Crippen LogP contribution < -0.4 is 15.8 Å². The maximum atomic E-state index is 11.7. The minimum atomic E-state index is -1.14. The highest BCUT2D eigenvalue weighted by Crippen LogP contribution is 2.23. The highest BCUT2D eigenvalue weighted by atomic mass is 32.2. The number of hydrogen-bond acceptors (Lipinski definition) is 4. The fraction of sp³-hybridized carbons (Fsp3) is 0.462. The number of nitrogens with one attached hydrogen (secondary N) is 1. The van der Waals surface area contributed by atoms with Gasteiger partial charge < -0.3 is 15.8 Å². The van der Waals surface area contributed by atoms with E-state index in [1.807, 2.05) is 13.8 Å². The Bertz CT molecular complexity index is 475. The Hall–Kier alpha value is -1.56. The molecule has 0 fully saturated rings. The van der Waals surface area contributed by atoms with E-state index in [9.17, 15) is 9.00 Å². The van der Waals surface area contributed by atoms with Crippen molar-refractivity contribution in [3.63, 3.8) is 0 Å². The van der Waals surface area contributed by atoms with Gasteiger partial charge in [0.15, 0.2) is 0 Å². The van der Waals surface area contributed by atoms with E-state index in [4.69, 9.17) is 10.5 Å². The number of hydrogen-bond donors (Lipinski definition) is 2. The minimum absolute atomic E-state index is 0.0103. The van der Waals surface area contributed by atoms with Crippen molar-refractivity contribution in [3.05, 3.63) is 18.2 Å². The standard InChI is InChI=1S/C13H20N2O3S/c1-9(2)7-19(17)8-13(16)15-12-5-4-10(18-3)6-11(12)14/h4-6,9H,7-8,14H2,1-3H3,(H,15,16). The number of nitrogens with two attached hydrogens (primary N) is 1. The third-order valence-corrected chi connectivity index (χ3v) is 3.97. The second kappa shape index (κ2) is 7.13. The van der Waals surface area contributed by atoms with Gasteiger partial charge in [-0.2, -0.15) is 0 Å². The Kier molecular flexibility index (Phi) is 5.82. The van der Waals surface area contributed by atoms with Crippen LogP contribution in [0.4, 0.5) is 11.4 Å². The van der Waals surface area contributed by atoms with E-state index >= 15 is 0 Å². The van der Waals surface area contributed by atoms with E-state index in [2.05, 4.69) is 5.32 Å². The number of methoxy groups -OCH3 is 1. The van der Waals surface area contributed by atoms with Crippen molar-refractivity contribution in [1.82, 2.24) is 0 Å². The van der Waals surface area contributed by atoms with E-state index in [0.29, 0.717) is 28.8 Å². The van der Waals surface area contributed by atoms with Crippen LogP contribution in [0, 0.1) is 5.92 Å². The summed E-state index contributed by atoms with van der Waals surface area (Å²) in [6.45, 7) is 3.94. The van der Waals surface area contributed by atoms with Gasteiger partial charge in [-0.25, -0.2) is 0 Å². The van der Waals surface area contributed by atoms with Crippen molar-refractivity contribution in [1.29, 1.82) is 0 Å². The number of anilines is 2. The summed E-state index contributed by atoms with van der Waals surface area (Å²) in [6.07, 6.45) is 0. The third kappa shape index (κ3) is 5.30. The Balaban J connectivity index is 2.60. The first kappa shape index (κ1) is 15.5. The molecule has 0 bridgehead atoms. The highest BCUT2D eigenvalue weighted by molar-refractivity contribution is 7.85. The number of benzene rings is 1. The van der Waals surface area contributed by atoms with Gasteiger partial charge in [0.25, 0.3) is 0 Å². The molecule has 0 radical (unpaired) electrons. The van der Waals surface area contributed by atoms with Crippen LogP contribution in [-0.2, 0) is 15.6 Å². The van der Waals surface area contributed by atoms with E-state index in [0.717, 1.165) is 0 Å². The molecule has 1 atom stereocenters. The molecule has 6 heteroatoms. The molecule has 0 aliphatic heterocycles. The van der Waals surface area contributed by atoms with Crippen molar-refractivity contribution < 1.29 is 13.7 Å². The van der Waals surface area contributed by atoms with E-state index in [1.165, 1.54) is 0 Å². The average Bonchev–Trinajstić information content (AvgIpc) is 2.30. The lowest BCUT2D eigenvalue weighted by atomic mass is 10.2. The molecule has 19 heavy (non-hydrogen) atoms. The van der Waals surface area contributed by atoms with Gasteiger partial charge in [0.2, 0.25) is 5.91 Å². The zero-order valence-corrected chi connectivity index (χ0v) is 12.3. The molecule has 106 valence electrons. The molecule has 0 aliphatic carbocycles. The zero-order valence-electron chi connectivity index (χ0n) is 11.4. The summed E-state index contributed by atoms with van der Waals surface area (Å²) in [4.78, 5) is 11.7. The lowest BCUT2D eigenvalue weighted by Crippen LogP contribution is -2.22. The van der Waals surface area contributed by atoms with Crippen molar-refractivity contribution >= 4 is 28.1 Å². The maximum absolute atomic E-state index is 11.7. The lowest BCUT2D eigenvalue weighted by Gasteiger charge is -2.10. The summed E-state index contributed by atoms with van der Waals surface area (Å²) in [5.41, 5.74) is 6.71. The molecule has 3 N–H and O–H groups in total. The molecule has 0 saturated heterocycles. The van der Waals surface area contributed by atoms with Crippen LogP contribution in [0.25, 0.3) is 0 Å². The maximum Gasteiger partial charge on any atom is 0.237 e. The Morgan fingerprint density at radius 2 is 2.16 bits per heavy atom. The first-order valence-corrected chi connectivity index (χ1v) is 7.49. The van der Waals surface area contributed by atoms with E-state index < -0.39 is 10.8 Å². The largest absolute Gasteiger partial charge is 0.497 e. The Labute approximate surface area is 116 Å². The monoisotopic (exact) mass is 284 g/mol. The van der Waals surface area contributed by atoms with Crippen LogP contribution in [0.15, 0.2) is 18.2 Å². The van der Waals surface area contributed by atoms with E-state index in [-0.39, 0.29) is 11.7 Å². The molecule has 1 aromatic carbocycles. The molecule has 0 aliphatic rings. The summed E-state index contributed by atoms with van der Waals surface area (Å²) in [5, 5.41) is 2.65. The molecule has 0 saturated carbocycles. The molecular weight excluding hydrogens is 264 g/mol. The molecule has 1 rings (SSSR count). The van der Waals surface area contributed by atoms with Crippen LogP contribution in [0.1, 0.15) is 13.8 Å². The fourth-order valence-corrected chi connectivity index (χ4v) is 2.77. The number of rotatable bonds is 6. The van der Waals surface area contributed by atoms with Crippen molar-refractivity contribution in [2.45, 2.75) is 13.8 Å². The molecule has 0 spiro atoms. The zero-order chi connectivity index (χ0) is 14.4. The smallest absolute Gasteiger partial charge is 0.237 e. The second-order valence-corrected chi connectivity index (χ2v) is 6.15. The van der Waals surface area contributed by atoms with Crippen LogP contribution in [0.3, 0.4) is 0 Å². The average molecular weight is 284 g/mol. The van der Waals surface area contributed by atoms with Gasteiger partial charge in [-0.05, 0) is 18.1 Å². The number of carbonyl (C=O) groups excluding carboxylic acids is 1. The van der Waals surface area contributed by atoms with Gasteiger partial charge in [-0.15, -0.1) is 0 Å². The molecule has 1 unspecified atom stereocenters. The van der Waals surface area contributed by atoms with Gasteiger partial charge in [-0.1, -0.05) is 13.8 Å². The van der Waals surface area contributed by atoms with Crippen LogP contribution in [0.2, 0.25) is 0 Å². The summed E-state index contributed by atoms with van der Waals surface area (Å²) in [5.74, 6) is 1.14. The van der Waals surface area contributed by atoms with Crippen LogP contribution in [0.5, 0.6) is 5.75 Å². The van der Waals surface area contributed by atoms with Crippen molar-refractivity contribution in [3.8, 4) is 5.75 Å². The molecule has 5 nitrogen and oxygen atoms in total. The molecular formula is C13H20N2O3S. The van der Waals surface area contributed by atoms with Crippen molar-refractivity contribution in [2.24, 2.45) is 5.92 Å². The van der Waals surface area contributed by atoms with Gasteiger partial charge in [-0.3, -0.25) is 9.00 Å². The van der Waals surface area contributed by atoms with E-state index in [1.54, 1.807) is 25.3 Å². The van der Waals surface area contributed by atoms with Gasteiger partial charge >= 0.3 is 0 Å². The minimum Gasteiger partial charge on any atom is -0.497 e. The summed E-state index contributed by atoms with van der Waals surface area (Å²) in [6, 6.07) is 5.00. The summed E-state index contributed by atoms with van der Waals surface area (Å²) in [7, 11) is 0.400. The number of carbonyl (C=O) groups is 1. The van der Waals surface area contributed by atoms with Crippen LogP contribution >= 0.6 is 0 Å². The normalized spacial score (nSPS) is 12.2. The molecule has 0 aromatic heterocycles. The quantitative estimate of drug-likeness (QED) is 0.778. The SMILES string of the molecule is COc1ccc(NC(=O)CS(=O)CC(C)C)c(N)c1. The first-order chi connectivity index (χ1) is 8.92. The topological polar surface area (TPSA) is 81.4 Å². The number of amides is 1. The second-order valence-electron chi connectivity index (χ2n) is 4.65. The molecule has 0 heterocycles. The molecule has 1 amide bonds. The number of nitrogen functional groups attached to an aromatic ring is 1. The Morgan fingerprint density at radius 1 is 1.47 bits per heavy atom. The lowest BCUT2D eigenvalue weighted by molar-refractivity contribution is -0.113. The van der Waals surface area contributed by atoms with Gasteiger partial charge in [0.1, 0.15) is 11.5 Å². The molecule has 1 aromatic rings. The summed E-state index contributed by atoms with van der Waals surface area (Å²) < 4.78 is 16.7. The fourth-order valence-electron chi connectivity index (χ4n) is 1.54. The van der Waals surface area contributed by atoms with Gasteiger partial charge in [0, 0.05) is 22.6 Å². The summed E-state index contributed by atoms with van der Waals surface area (Å²) >= 11 is 0. The predicted molar refractivity (Wildman–Crippen MR) is 78.8 cm³/mol. The van der Waals surface area contributed by atoms with Crippen LogP contribution in [-0.4, -0.2) is 28.7 Å². The Morgan fingerprint density at radius 3 is 2.68 bits per heavy atom. The first-order valence-electron chi connectivity index (χ1n) is 6.00. The van der Waals surface area contributed by atoms with Gasteiger partial charge in [0.05, 0.1) is 18.5 Å². The third-order valence-electron chi connectivity index (χ3n) is 2.34. The van der Waals surface area contributed by atoms with Crippen molar-refractivity contribution in [2.75, 3.05) is 29.7 Å². The number of ether oxygens (including phenoxy) is 1.